The molecule has 2 rings (SSSR count). The van der Waals surface area contributed by atoms with Crippen LogP contribution in [0.15, 0.2) is 38.5 Å². The lowest BCUT2D eigenvalue weighted by molar-refractivity contribution is -0.0696. The molecule has 1 aliphatic heterocycles. The summed E-state index contributed by atoms with van der Waals surface area (Å²) in [5.74, 6) is 0.538. The number of nitrogens with one attached hydrogen (secondary N) is 8. The van der Waals surface area contributed by atoms with E-state index in [1.807, 2.05) is 47.6 Å². The Morgan fingerprint density at radius 2 is 1.35 bits per heavy atom. The molecule has 0 aliphatic carbocycles. The van der Waals surface area contributed by atoms with Gasteiger partial charge in [-0.25, -0.2) is 26.4 Å². The standard InChI is InChI=1S/C60H114N12O11S2/c1-17-20-22-29-59(13,14)81-32-25-33-84(77,78)71-55(61)63-30-23-26-45(35-66-50(41(6)19-3)38-68-49(40(4)5)37-67-48(54(74)75)28-21-18-2)65-36-46(70-51(73)39-69-57(76)83-58(10,11)12)27-24-31-64-56(62)72-85(79,80)53-43(8)42(7)47-34-60(15,16)82-52(47)44(53)9/h17,20,25,33,40-41,45-46,48-51,54,65-68,70,73-75H,18-19,21-24,26-32,34-39H2,1-16H3,(H,69,76)(H3,61,63,71)(H3,62,64,72)/b20-17+,33-25+/t41?,45-,46-,48-,49+,50+,51?/m1/s1. The van der Waals surface area contributed by atoms with Crippen molar-refractivity contribution in [3.63, 3.8) is 0 Å². The molecule has 2 unspecified atom stereocenters. The molecule has 0 fully saturated rings. The van der Waals surface area contributed by atoms with E-state index < -0.39 is 67.5 Å². The molecule has 0 saturated carbocycles. The third kappa shape index (κ3) is 30.1. The van der Waals surface area contributed by atoms with Crippen LogP contribution in [0.3, 0.4) is 0 Å². The van der Waals surface area contributed by atoms with Gasteiger partial charge in [-0.3, -0.25) is 20.0 Å². The van der Waals surface area contributed by atoms with Crippen LogP contribution in [-0.4, -0.2) is 162 Å². The number of guanidine groups is 2. The Balaban J connectivity index is 2.39. The van der Waals surface area contributed by atoms with Gasteiger partial charge in [0, 0.05) is 86.4 Å². The number of hydrogen-bond donors (Lipinski definition) is 13. The molecule has 15 N–H and O–H groups in total. The number of rotatable bonds is 41. The van der Waals surface area contributed by atoms with Gasteiger partial charge in [-0.05, 0) is 150 Å². The first-order valence-electron chi connectivity index (χ1n) is 30.7. The van der Waals surface area contributed by atoms with Gasteiger partial charge >= 0.3 is 6.09 Å². The Morgan fingerprint density at radius 3 is 1.94 bits per heavy atom. The van der Waals surface area contributed by atoms with Crippen molar-refractivity contribution < 1.29 is 51.2 Å². The Morgan fingerprint density at radius 1 is 0.765 bits per heavy atom. The van der Waals surface area contributed by atoms with Crippen molar-refractivity contribution in [2.45, 2.75) is 246 Å². The second-order valence-corrected chi connectivity index (χ2v) is 28.5. The topological polar surface area (TPSA) is 347 Å². The van der Waals surface area contributed by atoms with E-state index in [4.69, 9.17) is 25.7 Å². The van der Waals surface area contributed by atoms with E-state index in [0.717, 1.165) is 48.6 Å². The molecule has 492 valence electrons. The maximum Gasteiger partial charge on any atom is 0.407 e. The molecule has 7 atom stereocenters. The highest BCUT2D eigenvalue weighted by Crippen LogP contribution is 2.44. The van der Waals surface area contributed by atoms with E-state index in [2.05, 4.69) is 92.0 Å². The molecule has 85 heavy (non-hydrogen) atoms. The number of aliphatic hydroxyl groups excluding tert-OH is 2. The summed E-state index contributed by atoms with van der Waals surface area (Å²) in [5, 5.41) is 53.0. The summed E-state index contributed by atoms with van der Waals surface area (Å²) in [7, 11) is -8.12. The zero-order valence-corrected chi connectivity index (χ0v) is 56.0. The van der Waals surface area contributed by atoms with Gasteiger partial charge in [-0.15, -0.1) is 0 Å². The van der Waals surface area contributed by atoms with Crippen molar-refractivity contribution in [1.29, 1.82) is 0 Å². The summed E-state index contributed by atoms with van der Waals surface area (Å²) < 4.78 is 76.0. The van der Waals surface area contributed by atoms with E-state index in [-0.39, 0.29) is 73.0 Å². The van der Waals surface area contributed by atoms with Gasteiger partial charge < -0.3 is 67.6 Å². The van der Waals surface area contributed by atoms with Crippen LogP contribution in [0.2, 0.25) is 0 Å². The van der Waals surface area contributed by atoms with Gasteiger partial charge in [-0.2, -0.15) is 0 Å². The maximum atomic E-state index is 13.9. The van der Waals surface area contributed by atoms with E-state index in [1.165, 1.54) is 6.08 Å². The highest BCUT2D eigenvalue weighted by molar-refractivity contribution is 7.93. The van der Waals surface area contributed by atoms with Crippen LogP contribution >= 0.6 is 0 Å². The number of nitrogens with two attached hydrogens (primary N) is 2. The van der Waals surface area contributed by atoms with Crippen LogP contribution in [0, 0.1) is 32.6 Å². The molecule has 23 nitrogen and oxygen atoms in total. The van der Waals surface area contributed by atoms with E-state index >= 15 is 0 Å². The van der Waals surface area contributed by atoms with Gasteiger partial charge in [0.05, 0.1) is 29.7 Å². The van der Waals surface area contributed by atoms with Crippen molar-refractivity contribution in [1.82, 2.24) is 41.3 Å². The second-order valence-electron chi connectivity index (χ2n) is 25.3. The monoisotopic (exact) mass is 1240 g/mol. The summed E-state index contributed by atoms with van der Waals surface area (Å²) in [6, 6.07) is -0.977. The molecule has 25 heteroatoms. The number of hydrogen-bond acceptors (Lipinski definition) is 18. The number of unbranched alkanes of at least 4 members (excludes halogenated alkanes) is 1. The van der Waals surface area contributed by atoms with Gasteiger partial charge in [0.25, 0.3) is 20.0 Å². The number of aliphatic imine (C=N–C) groups is 2. The first kappa shape index (κ1) is 76.9. The highest BCUT2D eigenvalue weighted by Gasteiger charge is 2.37. The molecule has 1 aromatic rings. The molecule has 0 bridgehead atoms. The molecular weight excluding hydrogens is 1130 g/mol. The highest BCUT2D eigenvalue weighted by atomic mass is 32.2. The van der Waals surface area contributed by atoms with Gasteiger partial charge in [0.15, 0.2) is 6.29 Å². The summed E-state index contributed by atoms with van der Waals surface area (Å²) in [6.45, 7) is 33.4. The van der Waals surface area contributed by atoms with E-state index in [0.29, 0.717) is 81.6 Å². The molecule has 1 amide bonds. The van der Waals surface area contributed by atoms with E-state index in [9.17, 15) is 36.9 Å². The minimum absolute atomic E-state index is 0.0242. The third-order valence-corrected chi connectivity index (χ3v) is 17.8. The van der Waals surface area contributed by atoms with Gasteiger partial charge in [0.1, 0.15) is 23.2 Å². The first-order valence-corrected chi connectivity index (χ1v) is 33.7. The Kier molecular flexibility index (Phi) is 33.5. The number of amides is 1. The molecule has 0 saturated heterocycles. The largest absolute Gasteiger partial charge is 0.487 e. The fraction of sp³-hybridized carbons (Fsp3) is 0.783. The SMILES string of the molecule is C/C=C/CCC(C)(C)OC/C=C/S(=O)(=O)NC(N)=NCCC[C@H](CN[C@@H](CN[C@@H](CN[C@H](CCCC)C(O)O)C(C)C)C(C)CC)NC[C@@H](CCCN=C(N)NS(=O)(=O)c1c(C)c(C)c2c(c1C)OC(C)(C)C2)NC(O)CNC(=O)OC(C)(C)C. The predicted octanol–water partition coefficient (Wildman–Crippen LogP) is 5.22. The number of aliphatic hydroxyl groups is 3. The number of carbonyl (C=O) groups is 1. The second kappa shape index (κ2) is 37.0. The normalized spacial score (nSPS) is 17.0. The van der Waals surface area contributed by atoms with Crippen LogP contribution < -0.4 is 57.5 Å². The average Bonchev–Trinajstić information content (AvgIpc) is 1.73. The summed E-state index contributed by atoms with van der Waals surface area (Å²) >= 11 is 0. The van der Waals surface area contributed by atoms with Crippen molar-refractivity contribution in [3.05, 3.63) is 45.9 Å². The number of sulfonamides is 2. The Hall–Kier alpha value is -4.15. The Labute approximate surface area is 511 Å². The maximum absolute atomic E-state index is 13.9. The van der Waals surface area contributed by atoms with Crippen LogP contribution in [0.5, 0.6) is 5.75 Å². The predicted molar refractivity (Wildman–Crippen MR) is 342 cm³/mol. The number of nitrogens with zero attached hydrogens (tertiary/aromatic N) is 2. The average molecular weight is 1240 g/mol. The van der Waals surface area contributed by atoms with Crippen LogP contribution in [-0.2, 0) is 35.9 Å². The summed E-state index contributed by atoms with van der Waals surface area (Å²) in [5.41, 5.74) is 13.7. The number of alkyl carbamates (subject to hydrolysis) is 1. The third-order valence-electron chi connectivity index (χ3n) is 15.1. The van der Waals surface area contributed by atoms with E-state index in [1.54, 1.807) is 34.6 Å². The molecular formula is C60H114N12O11S2. The zero-order chi connectivity index (χ0) is 64.3. The lowest BCUT2D eigenvalue weighted by Gasteiger charge is -2.32. The number of ether oxygens (including phenoxy) is 3. The van der Waals surface area contributed by atoms with Gasteiger partial charge in [-0.1, -0.05) is 66.0 Å². The van der Waals surface area contributed by atoms with Crippen molar-refractivity contribution in [2.75, 3.05) is 52.4 Å². The summed E-state index contributed by atoms with van der Waals surface area (Å²) in [4.78, 5) is 21.4. The molecule has 1 aromatic carbocycles. The minimum Gasteiger partial charge on any atom is -0.487 e. The number of carbonyl (C=O) groups excluding carboxylic acids is 1. The number of benzene rings is 1. The fourth-order valence-corrected chi connectivity index (χ4v) is 12.1. The molecule has 0 spiro atoms. The van der Waals surface area contributed by atoms with Gasteiger partial charge in [0.2, 0.25) is 11.9 Å². The molecule has 1 heterocycles. The van der Waals surface area contributed by atoms with Crippen molar-refractivity contribution in [3.8, 4) is 5.75 Å². The lowest BCUT2D eigenvalue weighted by atomic mass is 9.93. The van der Waals surface area contributed by atoms with Crippen LogP contribution in [0.25, 0.3) is 0 Å². The van der Waals surface area contributed by atoms with Crippen LogP contribution in [0.1, 0.15) is 176 Å². The molecule has 1 aliphatic rings. The quantitative estimate of drug-likeness (QED) is 0.0131. The van der Waals surface area contributed by atoms with Crippen LogP contribution in [0.4, 0.5) is 4.79 Å². The Bertz CT molecular complexity index is 2520. The molecule has 0 aromatic heterocycles. The first-order chi connectivity index (χ1) is 39.6. The summed E-state index contributed by atoms with van der Waals surface area (Å²) in [6.07, 6.45) is 9.69. The smallest absolute Gasteiger partial charge is 0.407 e. The number of allylic oxidation sites excluding steroid dienone is 2. The van der Waals surface area contributed by atoms with Crippen molar-refractivity contribution in [2.24, 2.45) is 33.3 Å². The minimum atomic E-state index is -4.16. The molecule has 0 radical (unpaired) electrons. The fourth-order valence-electron chi connectivity index (χ4n) is 9.87. The number of fused-ring (bicyclic) bond motifs is 1. The van der Waals surface area contributed by atoms with Crippen molar-refractivity contribution >= 4 is 38.1 Å². The zero-order valence-electron chi connectivity index (χ0n) is 54.4. The lowest BCUT2D eigenvalue weighted by Crippen LogP contribution is -2.55.